The third-order valence-electron chi connectivity index (χ3n) is 4.51. The van der Waals surface area contributed by atoms with Gasteiger partial charge in [-0.25, -0.2) is 4.79 Å². The molecule has 0 aromatic heterocycles. The molecular weight excluding hydrogens is 352 g/mol. The van der Waals surface area contributed by atoms with E-state index in [0.717, 1.165) is 5.56 Å². The third-order valence-corrected chi connectivity index (χ3v) is 4.51. The summed E-state index contributed by atoms with van der Waals surface area (Å²) in [6.45, 7) is 0. The van der Waals surface area contributed by atoms with Crippen LogP contribution in [0.3, 0.4) is 0 Å². The van der Waals surface area contributed by atoms with Crippen molar-refractivity contribution in [1.29, 1.82) is 0 Å². The van der Waals surface area contributed by atoms with Crippen LogP contribution >= 0.6 is 0 Å². The molecule has 7 nitrogen and oxygen atoms in total. The number of benzene rings is 2. The van der Waals surface area contributed by atoms with Gasteiger partial charge in [0.25, 0.3) is 0 Å². The van der Waals surface area contributed by atoms with Gasteiger partial charge in [0.2, 0.25) is 5.75 Å². The number of carbonyl (C=O) groups is 2. The van der Waals surface area contributed by atoms with Crippen molar-refractivity contribution >= 4 is 11.9 Å². The van der Waals surface area contributed by atoms with E-state index >= 15 is 0 Å². The molecule has 0 aliphatic carbocycles. The molecule has 1 aliphatic heterocycles. The normalized spacial score (nSPS) is 15.4. The molecule has 1 atom stereocenters. The first-order valence-corrected chi connectivity index (χ1v) is 8.25. The second kappa shape index (κ2) is 7.57. The molecule has 0 N–H and O–H groups in total. The topological polar surface area (TPSA) is 80.3 Å². The molecule has 1 aliphatic rings. The lowest BCUT2D eigenvalue weighted by Crippen LogP contribution is -2.22. The molecule has 3 rings (SSSR count). The average Bonchev–Trinajstić information content (AvgIpc) is 2.70. The number of hydrogen-bond acceptors (Lipinski definition) is 7. The van der Waals surface area contributed by atoms with Gasteiger partial charge in [-0.3, -0.25) is 4.79 Å². The van der Waals surface area contributed by atoms with E-state index in [1.807, 2.05) is 0 Å². The molecule has 7 heteroatoms. The van der Waals surface area contributed by atoms with Crippen LogP contribution in [0.5, 0.6) is 23.0 Å². The van der Waals surface area contributed by atoms with Crippen LogP contribution in [0.2, 0.25) is 0 Å². The minimum atomic E-state index is -0.422. The maximum absolute atomic E-state index is 12.2. The maximum atomic E-state index is 12.2. The predicted octanol–water partition coefficient (Wildman–Crippen LogP) is 2.94. The fourth-order valence-electron chi connectivity index (χ4n) is 3.26. The maximum Gasteiger partial charge on any atom is 0.337 e. The van der Waals surface area contributed by atoms with E-state index in [9.17, 15) is 9.59 Å². The van der Waals surface area contributed by atoms with Gasteiger partial charge in [0.15, 0.2) is 11.5 Å². The molecule has 1 heterocycles. The summed E-state index contributed by atoms with van der Waals surface area (Å²) in [5.41, 5.74) is 1.96. The highest BCUT2D eigenvalue weighted by Crippen LogP contribution is 2.52. The molecule has 2 aromatic rings. The van der Waals surface area contributed by atoms with E-state index < -0.39 is 5.97 Å². The lowest BCUT2D eigenvalue weighted by Gasteiger charge is -2.28. The monoisotopic (exact) mass is 372 g/mol. The van der Waals surface area contributed by atoms with Crippen LogP contribution in [0.15, 0.2) is 30.3 Å². The fourth-order valence-corrected chi connectivity index (χ4v) is 3.26. The van der Waals surface area contributed by atoms with E-state index in [1.54, 1.807) is 30.3 Å². The van der Waals surface area contributed by atoms with Gasteiger partial charge in [0.1, 0.15) is 5.75 Å². The number of methoxy groups -OCH3 is 4. The Labute approximate surface area is 156 Å². The van der Waals surface area contributed by atoms with Gasteiger partial charge >= 0.3 is 11.9 Å². The van der Waals surface area contributed by atoms with Crippen LogP contribution < -0.4 is 18.9 Å². The van der Waals surface area contributed by atoms with Crippen LogP contribution in [0, 0.1) is 0 Å². The first-order chi connectivity index (χ1) is 13.0. The highest BCUT2D eigenvalue weighted by Gasteiger charge is 2.35. The lowest BCUT2D eigenvalue weighted by atomic mass is 9.85. The number of ether oxygens (including phenoxy) is 5. The van der Waals surface area contributed by atoms with Crippen LogP contribution in [-0.2, 0) is 9.53 Å². The Morgan fingerprint density at radius 3 is 2.22 bits per heavy atom. The van der Waals surface area contributed by atoms with Gasteiger partial charge in [0, 0.05) is 17.5 Å². The zero-order valence-corrected chi connectivity index (χ0v) is 15.5. The SMILES string of the molecule is COC(=O)c1ccc([C@@H]2CC(=O)Oc3cc(OC)c(OC)c(OC)c32)cc1. The highest BCUT2D eigenvalue weighted by molar-refractivity contribution is 5.89. The second-order valence-corrected chi connectivity index (χ2v) is 5.90. The molecule has 27 heavy (non-hydrogen) atoms. The minimum absolute atomic E-state index is 0.135. The zero-order chi connectivity index (χ0) is 19.6. The van der Waals surface area contributed by atoms with Gasteiger partial charge in [-0.15, -0.1) is 0 Å². The lowest BCUT2D eigenvalue weighted by molar-refractivity contribution is -0.135. The van der Waals surface area contributed by atoms with Crippen LogP contribution in [0.25, 0.3) is 0 Å². The van der Waals surface area contributed by atoms with Crippen LogP contribution in [0.1, 0.15) is 33.8 Å². The Kier molecular flexibility index (Phi) is 5.21. The van der Waals surface area contributed by atoms with Crippen molar-refractivity contribution in [2.45, 2.75) is 12.3 Å². The average molecular weight is 372 g/mol. The van der Waals surface area contributed by atoms with Gasteiger partial charge < -0.3 is 23.7 Å². The number of fused-ring (bicyclic) bond motifs is 1. The van der Waals surface area contributed by atoms with Gasteiger partial charge in [-0.2, -0.15) is 0 Å². The van der Waals surface area contributed by atoms with Crippen LogP contribution in [-0.4, -0.2) is 40.4 Å². The van der Waals surface area contributed by atoms with Gasteiger partial charge in [-0.05, 0) is 17.7 Å². The summed E-state index contributed by atoms with van der Waals surface area (Å²) in [4.78, 5) is 23.8. The molecule has 2 aromatic carbocycles. The van der Waals surface area contributed by atoms with Crippen LogP contribution in [0.4, 0.5) is 0 Å². The molecular formula is C20H20O7. The number of hydrogen-bond donors (Lipinski definition) is 0. The molecule has 142 valence electrons. The number of esters is 2. The van der Waals surface area contributed by atoms with Crippen molar-refractivity contribution in [3.63, 3.8) is 0 Å². The van der Waals surface area contributed by atoms with Crippen molar-refractivity contribution < 1.29 is 33.3 Å². The summed E-state index contributed by atoms with van der Waals surface area (Å²) >= 11 is 0. The smallest absolute Gasteiger partial charge is 0.337 e. The molecule has 0 amide bonds. The summed E-state index contributed by atoms with van der Waals surface area (Å²) in [7, 11) is 5.86. The molecule has 0 fully saturated rings. The summed E-state index contributed by atoms with van der Waals surface area (Å²) in [6.07, 6.45) is 0.135. The van der Waals surface area contributed by atoms with E-state index in [-0.39, 0.29) is 18.3 Å². The van der Waals surface area contributed by atoms with Gasteiger partial charge in [-0.1, -0.05) is 12.1 Å². The molecule has 0 saturated carbocycles. The largest absolute Gasteiger partial charge is 0.493 e. The highest BCUT2D eigenvalue weighted by atomic mass is 16.5. The summed E-state index contributed by atoms with van der Waals surface area (Å²) < 4.78 is 26.5. The Hall–Kier alpha value is -3.22. The quantitative estimate of drug-likeness (QED) is 0.590. The van der Waals surface area contributed by atoms with E-state index in [1.165, 1.54) is 28.4 Å². The molecule has 0 saturated heterocycles. The molecule has 0 radical (unpaired) electrons. The summed E-state index contributed by atoms with van der Waals surface area (Å²) in [5.74, 6) is 0.537. The van der Waals surface area contributed by atoms with E-state index in [2.05, 4.69) is 0 Å². The molecule has 0 bridgehead atoms. The van der Waals surface area contributed by atoms with E-state index in [4.69, 9.17) is 23.7 Å². The zero-order valence-electron chi connectivity index (χ0n) is 15.5. The van der Waals surface area contributed by atoms with Crippen molar-refractivity contribution in [1.82, 2.24) is 0 Å². The summed E-state index contributed by atoms with van der Waals surface area (Å²) in [5, 5.41) is 0. The Morgan fingerprint density at radius 1 is 1.00 bits per heavy atom. The minimum Gasteiger partial charge on any atom is -0.493 e. The Bertz CT molecular complexity index is 871. The Balaban J connectivity index is 2.14. The van der Waals surface area contributed by atoms with Crippen molar-refractivity contribution in [2.75, 3.05) is 28.4 Å². The standard InChI is InChI=1S/C20H20O7/c1-23-15-10-14-17(19(25-3)18(15)24-2)13(9-16(21)27-14)11-5-7-12(8-6-11)20(22)26-4/h5-8,10,13H,9H2,1-4H3/t13-/m0/s1. The van der Waals surface area contributed by atoms with Crippen molar-refractivity contribution in [3.8, 4) is 23.0 Å². The predicted molar refractivity (Wildman–Crippen MR) is 96.0 cm³/mol. The third kappa shape index (κ3) is 3.28. The Morgan fingerprint density at radius 2 is 1.67 bits per heavy atom. The number of carbonyl (C=O) groups excluding carboxylic acids is 2. The fraction of sp³-hybridized carbons (Fsp3) is 0.300. The first kappa shape index (κ1) is 18.6. The first-order valence-electron chi connectivity index (χ1n) is 8.25. The van der Waals surface area contributed by atoms with Gasteiger partial charge in [0.05, 0.1) is 40.4 Å². The molecule has 0 unspecified atom stereocenters. The summed E-state index contributed by atoms with van der Waals surface area (Å²) in [6, 6.07) is 8.51. The van der Waals surface area contributed by atoms with Crippen molar-refractivity contribution in [2.24, 2.45) is 0 Å². The molecule has 0 spiro atoms. The van der Waals surface area contributed by atoms with E-state index in [0.29, 0.717) is 34.1 Å². The second-order valence-electron chi connectivity index (χ2n) is 5.90. The number of rotatable bonds is 5. The van der Waals surface area contributed by atoms with Crippen molar-refractivity contribution in [3.05, 3.63) is 47.0 Å².